The smallest absolute Gasteiger partial charge is 0.257 e. The fraction of sp³-hybridized carbons (Fsp3) is 0.448. The van der Waals surface area contributed by atoms with Gasteiger partial charge >= 0.3 is 0 Å². The number of benzene rings is 1. The van der Waals surface area contributed by atoms with Gasteiger partial charge in [0.05, 0.1) is 17.5 Å². The topological polar surface area (TPSA) is 89.5 Å². The van der Waals surface area contributed by atoms with Gasteiger partial charge in [0.1, 0.15) is 11.3 Å². The molecular formula is C29H32N6O3. The molecule has 2 aliphatic heterocycles. The second-order valence-electron chi connectivity index (χ2n) is 10.7. The predicted molar refractivity (Wildman–Crippen MR) is 142 cm³/mol. The van der Waals surface area contributed by atoms with Gasteiger partial charge in [0.2, 0.25) is 0 Å². The normalized spacial score (nSPS) is 20.6. The van der Waals surface area contributed by atoms with Crippen LogP contribution in [-0.2, 0) is 4.74 Å². The first-order chi connectivity index (χ1) is 18.7. The lowest BCUT2D eigenvalue weighted by Gasteiger charge is -2.35. The van der Waals surface area contributed by atoms with Crippen molar-refractivity contribution in [1.29, 1.82) is 0 Å². The molecule has 4 aromatic rings. The van der Waals surface area contributed by atoms with E-state index in [4.69, 9.17) is 14.1 Å². The number of para-hydroxylation sites is 1. The third-order valence-electron chi connectivity index (χ3n) is 8.30. The van der Waals surface area contributed by atoms with Gasteiger partial charge in [-0.3, -0.25) is 9.69 Å². The number of nitrogens with zero attached hydrogens (tertiary/aromatic N) is 6. The van der Waals surface area contributed by atoms with Gasteiger partial charge in [0.15, 0.2) is 5.76 Å². The van der Waals surface area contributed by atoms with E-state index in [2.05, 4.69) is 22.0 Å². The van der Waals surface area contributed by atoms with Crippen LogP contribution in [0, 0.1) is 0 Å². The molecule has 5 heterocycles. The molecule has 0 bridgehead atoms. The molecule has 1 aliphatic carbocycles. The Balaban J connectivity index is 1.14. The van der Waals surface area contributed by atoms with E-state index < -0.39 is 0 Å². The number of rotatable bonds is 6. The zero-order valence-electron chi connectivity index (χ0n) is 21.6. The van der Waals surface area contributed by atoms with Crippen molar-refractivity contribution >= 4 is 16.9 Å². The number of likely N-dealkylation sites (N-methyl/N-ethyl adjacent to an activating group) is 1. The second kappa shape index (κ2) is 9.63. The van der Waals surface area contributed by atoms with Crippen molar-refractivity contribution in [3.63, 3.8) is 0 Å². The van der Waals surface area contributed by atoms with Gasteiger partial charge in [-0.2, -0.15) is 5.10 Å². The van der Waals surface area contributed by atoms with Crippen LogP contribution in [0.4, 0.5) is 0 Å². The number of carbonyl (C=O) groups is 1. The van der Waals surface area contributed by atoms with E-state index in [0.717, 1.165) is 75.1 Å². The number of carbonyl (C=O) groups excluding carboxylic acids is 1. The molecule has 2 saturated heterocycles. The average molecular weight is 513 g/mol. The molecule has 1 atom stereocenters. The maximum absolute atomic E-state index is 13.8. The summed E-state index contributed by atoms with van der Waals surface area (Å²) in [5.41, 5.74) is 3.12. The van der Waals surface area contributed by atoms with E-state index in [1.165, 1.54) is 0 Å². The first kappa shape index (κ1) is 23.5. The molecule has 9 nitrogen and oxygen atoms in total. The Bertz CT molecular complexity index is 1440. The lowest BCUT2D eigenvalue weighted by Crippen LogP contribution is -2.44. The molecule has 1 saturated carbocycles. The van der Waals surface area contributed by atoms with Crippen LogP contribution < -0.4 is 0 Å². The van der Waals surface area contributed by atoms with Crippen LogP contribution in [-0.4, -0.2) is 80.9 Å². The molecule has 3 aliphatic rings. The molecule has 1 aromatic carbocycles. The highest BCUT2D eigenvalue weighted by molar-refractivity contribution is 5.95. The molecular weight excluding hydrogens is 480 g/mol. The minimum absolute atomic E-state index is 0.0643. The van der Waals surface area contributed by atoms with Crippen LogP contribution in [0.2, 0.25) is 0 Å². The van der Waals surface area contributed by atoms with Crippen molar-refractivity contribution in [2.75, 3.05) is 33.4 Å². The Kier molecular flexibility index (Phi) is 5.97. The first-order valence-electron chi connectivity index (χ1n) is 13.6. The van der Waals surface area contributed by atoms with Gasteiger partial charge in [-0.15, -0.1) is 0 Å². The number of hydrogen-bond acceptors (Lipinski definition) is 7. The maximum Gasteiger partial charge on any atom is 0.257 e. The van der Waals surface area contributed by atoms with Crippen molar-refractivity contribution in [2.45, 2.75) is 50.1 Å². The highest BCUT2D eigenvalue weighted by Gasteiger charge is 2.38. The van der Waals surface area contributed by atoms with E-state index in [1.807, 2.05) is 41.3 Å². The molecule has 0 spiro atoms. The van der Waals surface area contributed by atoms with Crippen molar-refractivity contribution in [3.05, 3.63) is 60.0 Å². The standard InChI is InChI=1S/C29H32N6O3/c1-33(21-10-14-37-15-11-21)22-9-13-34(18-22)28(36)23-17-31-35(27(23)19-6-7-19)29-30-12-8-24(32-29)26-16-20-4-2-3-5-25(20)38-26/h2-5,8,12,16-17,19,21-22H,6-7,9-11,13-15,18H2,1H3. The molecule has 9 heteroatoms. The number of amides is 1. The zero-order chi connectivity index (χ0) is 25.6. The summed E-state index contributed by atoms with van der Waals surface area (Å²) < 4.78 is 13.3. The molecule has 7 rings (SSSR count). The Hall–Kier alpha value is -3.56. The van der Waals surface area contributed by atoms with Gasteiger partial charge < -0.3 is 14.1 Å². The van der Waals surface area contributed by atoms with Crippen molar-refractivity contribution in [1.82, 2.24) is 29.5 Å². The fourth-order valence-electron chi connectivity index (χ4n) is 5.95. The lowest BCUT2D eigenvalue weighted by atomic mass is 10.1. The van der Waals surface area contributed by atoms with Gasteiger partial charge in [-0.25, -0.2) is 14.6 Å². The third-order valence-corrected chi connectivity index (χ3v) is 8.30. The summed E-state index contributed by atoms with van der Waals surface area (Å²) in [5, 5.41) is 5.66. The molecule has 1 unspecified atom stereocenters. The van der Waals surface area contributed by atoms with Crippen LogP contribution in [0.25, 0.3) is 28.4 Å². The predicted octanol–water partition coefficient (Wildman–Crippen LogP) is 4.28. The molecule has 0 radical (unpaired) electrons. The summed E-state index contributed by atoms with van der Waals surface area (Å²) in [5.74, 6) is 1.51. The van der Waals surface area contributed by atoms with Crippen molar-refractivity contribution < 1.29 is 13.9 Å². The van der Waals surface area contributed by atoms with Crippen LogP contribution in [0.5, 0.6) is 0 Å². The number of fused-ring (bicyclic) bond motifs is 1. The highest BCUT2D eigenvalue weighted by atomic mass is 16.5. The van der Waals surface area contributed by atoms with Crippen LogP contribution in [0.1, 0.15) is 54.1 Å². The fourth-order valence-corrected chi connectivity index (χ4v) is 5.95. The van der Waals surface area contributed by atoms with Gasteiger partial charge in [0, 0.05) is 55.9 Å². The summed E-state index contributed by atoms with van der Waals surface area (Å²) in [4.78, 5) is 27.5. The van der Waals surface area contributed by atoms with E-state index in [9.17, 15) is 4.79 Å². The van der Waals surface area contributed by atoms with E-state index in [0.29, 0.717) is 41.0 Å². The third kappa shape index (κ3) is 4.29. The Labute approximate surface area is 221 Å². The van der Waals surface area contributed by atoms with Crippen molar-refractivity contribution in [3.8, 4) is 17.4 Å². The van der Waals surface area contributed by atoms with Crippen molar-refractivity contribution in [2.24, 2.45) is 0 Å². The van der Waals surface area contributed by atoms with E-state index >= 15 is 0 Å². The maximum atomic E-state index is 13.8. The summed E-state index contributed by atoms with van der Waals surface area (Å²) in [6, 6.07) is 12.7. The zero-order valence-corrected chi connectivity index (χ0v) is 21.6. The number of furan rings is 1. The van der Waals surface area contributed by atoms with Gasteiger partial charge in [-0.1, -0.05) is 18.2 Å². The van der Waals surface area contributed by atoms with Crippen LogP contribution in [0.15, 0.2) is 53.2 Å². The molecule has 38 heavy (non-hydrogen) atoms. The largest absolute Gasteiger partial charge is 0.454 e. The summed E-state index contributed by atoms with van der Waals surface area (Å²) in [6.07, 6.45) is 8.65. The van der Waals surface area contributed by atoms with E-state index in [1.54, 1.807) is 17.1 Å². The SMILES string of the molecule is CN(C1CCOCC1)C1CCN(C(=O)c2cnn(-c3nccc(-c4cc5ccccc5o4)n3)c2C2CC2)C1. The summed E-state index contributed by atoms with van der Waals surface area (Å²) in [6.45, 7) is 3.17. The first-order valence-corrected chi connectivity index (χ1v) is 13.6. The van der Waals surface area contributed by atoms with Gasteiger partial charge in [0.25, 0.3) is 11.9 Å². The Morgan fingerprint density at radius 2 is 1.89 bits per heavy atom. The quantitative estimate of drug-likeness (QED) is 0.381. The number of hydrogen-bond donors (Lipinski definition) is 0. The summed E-state index contributed by atoms with van der Waals surface area (Å²) in [7, 11) is 2.20. The second-order valence-corrected chi connectivity index (χ2v) is 10.7. The molecule has 196 valence electrons. The summed E-state index contributed by atoms with van der Waals surface area (Å²) >= 11 is 0. The average Bonchev–Trinajstić information content (AvgIpc) is 3.35. The van der Waals surface area contributed by atoms with Crippen LogP contribution in [0.3, 0.4) is 0 Å². The Morgan fingerprint density at radius 1 is 1.05 bits per heavy atom. The molecule has 3 aromatic heterocycles. The Morgan fingerprint density at radius 3 is 2.71 bits per heavy atom. The van der Waals surface area contributed by atoms with E-state index in [-0.39, 0.29) is 5.91 Å². The number of ether oxygens (including phenoxy) is 1. The number of likely N-dealkylation sites (tertiary alicyclic amines) is 1. The minimum Gasteiger partial charge on any atom is -0.454 e. The number of aromatic nitrogens is 4. The van der Waals surface area contributed by atoms with Crippen LogP contribution >= 0.6 is 0 Å². The lowest BCUT2D eigenvalue weighted by molar-refractivity contribution is 0.0295. The molecule has 0 N–H and O–H groups in total. The monoisotopic (exact) mass is 512 g/mol. The molecule has 3 fully saturated rings. The van der Waals surface area contributed by atoms with Gasteiger partial charge in [-0.05, 0) is 57.4 Å². The molecule has 1 amide bonds. The highest BCUT2D eigenvalue weighted by Crippen LogP contribution is 2.43. The minimum atomic E-state index is 0.0643.